The molecule has 2 heterocycles. The van der Waals surface area contributed by atoms with E-state index in [9.17, 15) is 9.59 Å². The summed E-state index contributed by atoms with van der Waals surface area (Å²) in [7, 11) is -2.17. The fourth-order valence-corrected chi connectivity index (χ4v) is 6.65. The lowest BCUT2D eigenvalue weighted by Crippen LogP contribution is -2.44. The van der Waals surface area contributed by atoms with E-state index in [1.165, 1.54) is 15.3 Å². The van der Waals surface area contributed by atoms with Crippen LogP contribution in [-0.4, -0.2) is 31.6 Å². The lowest BCUT2D eigenvalue weighted by atomic mass is 9.91. The molecule has 3 aromatic carbocycles. The van der Waals surface area contributed by atoms with Crippen molar-refractivity contribution in [3.8, 4) is 26.6 Å². The Morgan fingerprint density at radius 1 is 0.842 bits per heavy atom. The molecular formula is C32H35NO3SSi. The summed E-state index contributed by atoms with van der Waals surface area (Å²) in [4.78, 5) is 30.9. The molecule has 5 rings (SSSR count). The van der Waals surface area contributed by atoms with Gasteiger partial charge in [-0.15, -0.1) is 11.3 Å². The Morgan fingerprint density at radius 2 is 1.50 bits per heavy atom. The summed E-state index contributed by atoms with van der Waals surface area (Å²) < 4.78 is 6.79. The van der Waals surface area contributed by atoms with Crippen molar-refractivity contribution in [2.75, 3.05) is 6.54 Å². The molecule has 4 nitrogen and oxygen atoms in total. The van der Waals surface area contributed by atoms with Crippen molar-refractivity contribution in [3.63, 3.8) is 0 Å². The second-order valence-corrected chi connectivity index (χ2v) is 17.4. The maximum Gasteiger partial charge on any atom is 0.261 e. The molecule has 0 unspecified atom stereocenters. The maximum absolute atomic E-state index is 13.8. The quantitative estimate of drug-likeness (QED) is 0.173. The van der Waals surface area contributed by atoms with E-state index in [0.29, 0.717) is 23.1 Å². The predicted molar refractivity (Wildman–Crippen MR) is 161 cm³/mol. The standard InChI is InChI=1S/C32H35NO3SSi/c1-7-8-18-33-30(34)23-14-15-26(36-38(5,6)32(2,3)4)24-19-22(20-25(29(23)24)31(33)35)28-17-16-27(37-28)21-12-10-9-11-13-21/h9-17,19-20H,7-8,18H2,1-6H3. The van der Waals surface area contributed by atoms with Gasteiger partial charge in [-0.2, -0.15) is 0 Å². The molecule has 0 radical (unpaired) electrons. The average molecular weight is 542 g/mol. The minimum Gasteiger partial charge on any atom is -0.543 e. The van der Waals surface area contributed by atoms with Gasteiger partial charge in [-0.3, -0.25) is 14.5 Å². The van der Waals surface area contributed by atoms with Crippen LogP contribution in [0.25, 0.3) is 31.7 Å². The van der Waals surface area contributed by atoms with Crippen LogP contribution in [0.1, 0.15) is 61.3 Å². The molecule has 1 aliphatic rings. The van der Waals surface area contributed by atoms with Gasteiger partial charge in [0, 0.05) is 38.2 Å². The lowest BCUT2D eigenvalue weighted by Gasteiger charge is -2.37. The van der Waals surface area contributed by atoms with E-state index < -0.39 is 8.32 Å². The van der Waals surface area contributed by atoms with Gasteiger partial charge >= 0.3 is 0 Å². The maximum atomic E-state index is 13.8. The van der Waals surface area contributed by atoms with Gasteiger partial charge in [-0.25, -0.2) is 0 Å². The molecule has 0 aliphatic carbocycles. The number of benzene rings is 3. The third-order valence-corrected chi connectivity index (χ3v) is 13.4. The number of carbonyl (C=O) groups excluding carboxylic acids is 2. The number of thiophene rings is 1. The van der Waals surface area contributed by atoms with Crippen LogP contribution in [0.2, 0.25) is 18.1 Å². The van der Waals surface area contributed by atoms with E-state index in [-0.39, 0.29) is 16.9 Å². The molecule has 0 N–H and O–H groups in total. The van der Waals surface area contributed by atoms with E-state index in [1.807, 2.05) is 36.4 Å². The normalized spacial score (nSPS) is 13.9. The molecule has 0 atom stereocenters. The van der Waals surface area contributed by atoms with Gasteiger partial charge in [0.05, 0.1) is 0 Å². The third kappa shape index (κ3) is 4.61. The first kappa shape index (κ1) is 26.4. The van der Waals surface area contributed by atoms with Crippen molar-refractivity contribution in [1.82, 2.24) is 4.90 Å². The Hall–Kier alpha value is -3.22. The highest BCUT2D eigenvalue weighted by atomic mass is 32.1. The van der Waals surface area contributed by atoms with Crippen molar-refractivity contribution in [2.45, 2.75) is 58.7 Å². The lowest BCUT2D eigenvalue weighted by molar-refractivity contribution is 0.0608. The number of hydrogen-bond acceptors (Lipinski definition) is 4. The van der Waals surface area contributed by atoms with Crippen molar-refractivity contribution in [3.05, 3.63) is 77.9 Å². The largest absolute Gasteiger partial charge is 0.543 e. The van der Waals surface area contributed by atoms with Crippen LogP contribution in [-0.2, 0) is 0 Å². The fraction of sp³-hybridized carbons (Fsp3) is 0.312. The van der Waals surface area contributed by atoms with Crippen LogP contribution >= 0.6 is 11.3 Å². The molecule has 2 amide bonds. The van der Waals surface area contributed by atoms with E-state index >= 15 is 0 Å². The number of carbonyl (C=O) groups is 2. The smallest absolute Gasteiger partial charge is 0.261 e. The molecule has 196 valence electrons. The summed E-state index contributed by atoms with van der Waals surface area (Å²) in [6.07, 6.45) is 1.70. The summed E-state index contributed by atoms with van der Waals surface area (Å²) in [5, 5.41) is 1.56. The van der Waals surface area contributed by atoms with Crippen LogP contribution in [0, 0.1) is 0 Å². The molecular weight excluding hydrogens is 507 g/mol. The molecule has 1 aromatic heterocycles. The number of hydrogen-bond donors (Lipinski definition) is 0. The van der Waals surface area contributed by atoms with Crippen LogP contribution in [0.3, 0.4) is 0 Å². The van der Waals surface area contributed by atoms with Crippen LogP contribution in [0.4, 0.5) is 0 Å². The Bertz CT molecular complexity index is 1530. The molecule has 0 saturated heterocycles. The first-order chi connectivity index (χ1) is 18.0. The number of unbranched alkanes of at least 4 members (excludes halogenated alkanes) is 1. The van der Waals surface area contributed by atoms with Gasteiger partial charge in [-0.05, 0) is 72.1 Å². The predicted octanol–water partition coefficient (Wildman–Crippen LogP) is 9.02. The van der Waals surface area contributed by atoms with E-state index in [0.717, 1.165) is 34.4 Å². The molecule has 0 spiro atoms. The highest BCUT2D eigenvalue weighted by molar-refractivity contribution is 7.18. The third-order valence-electron chi connectivity index (χ3n) is 7.88. The average Bonchev–Trinajstić information content (AvgIpc) is 3.38. The first-order valence-corrected chi connectivity index (χ1v) is 17.1. The zero-order valence-corrected chi connectivity index (χ0v) is 24.9. The van der Waals surface area contributed by atoms with Crippen molar-refractivity contribution in [2.24, 2.45) is 0 Å². The van der Waals surface area contributed by atoms with Crippen molar-refractivity contribution < 1.29 is 14.0 Å². The molecule has 0 saturated carbocycles. The van der Waals surface area contributed by atoms with Crippen LogP contribution in [0.5, 0.6) is 5.75 Å². The van der Waals surface area contributed by atoms with Crippen LogP contribution in [0.15, 0.2) is 66.7 Å². The first-order valence-electron chi connectivity index (χ1n) is 13.3. The van der Waals surface area contributed by atoms with Crippen molar-refractivity contribution in [1.29, 1.82) is 0 Å². The van der Waals surface area contributed by atoms with E-state index in [1.54, 1.807) is 11.3 Å². The number of nitrogens with zero attached hydrogens (tertiary/aromatic N) is 1. The Balaban J connectivity index is 1.71. The van der Waals surface area contributed by atoms with Gasteiger partial charge in [0.15, 0.2) is 0 Å². The summed E-state index contributed by atoms with van der Waals surface area (Å²) in [5.41, 5.74) is 3.30. The molecule has 4 aromatic rings. The molecule has 6 heteroatoms. The minimum absolute atomic E-state index is 0.0103. The van der Waals surface area contributed by atoms with Crippen LogP contribution < -0.4 is 4.43 Å². The highest BCUT2D eigenvalue weighted by Gasteiger charge is 2.40. The van der Waals surface area contributed by atoms with Gasteiger partial charge in [0.1, 0.15) is 5.75 Å². The fourth-order valence-electron chi connectivity index (χ4n) is 4.62. The van der Waals surface area contributed by atoms with E-state index in [4.69, 9.17) is 4.43 Å². The topological polar surface area (TPSA) is 46.6 Å². The van der Waals surface area contributed by atoms with Gasteiger partial charge in [-0.1, -0.05) is 64.4 Å². The van der Waals surface area contributed by atoms with E-state index in [2.05, 4.69) is 71.1 Å². The second kappa shape index (κ2) is 9.82. The van der Waals surface area contributed by atoms with Crippen molar-refractivity contribution >= 4 is 42.2 Å². The minimum atomic E-state index is -2.17. The SMILES string of the molecule is CCCCN1C(=O)c2ccc(O[Si](C)(C)C(C)(C)C)c3cc(-c4ccc(-c5ccccc5)s4)cc(c23)C1=O. The zero-order valence-electron chi connectivity index (χ0n) is 23.1. The second-order valence-electron chi connectivity index (χ2n) is 11.6. The zero-order chi connectivity index (χ0) is 27.2. The highest BCUT2D eigenvalue weighted by Crippen LogP contribution is 2.44. The molecule has 38 heavy (non-hydrogen) atoms. The number of imide groups is 1. The number of rotatable bonds is 7. The molecule has 0 bridgehead atoms. The van der Waals surface area contributed by atoms with Gasteiger partial charge in [0.2, 0.25) is 0 Å². The summed E-state index contributed by atoms with van der Waals surface area (Å²) in [5.74, 6) is 0.322. The van der Waals surface area contributed by atoms with Gasteiger partial charge < -0.3 is 4.43 Å². The van der Waals surface area contributed by atoms with Gasteiger partial charge in [0.25, 0.3) is 20.1 Å². The summed E-state index contributed by atoms with van der Waals surface area (Å²) >= 11 is 1.70. The monoisotopic (exact) mass is 541 g/mol. The molecule has 1 aliphatic heterocycles. The summed E-state index contributed by atoms with van der Waals surface area (Å²) in [6, 6.07) is 22.4. The Labute approximate surface area is 230 Å². The Morgan fingerprint density at radius 3 is 2.16 bits per heavy atom. The summed E-state index contributed by atoms with van der Waals surface area (Å²) in [6.45, 7) is 13.6. The Kier molecular flexibility index (Phi) is 6.82. The molecule has 0 fully saturated rings. The number of amides is 2.